The molecule has 2 aliphatic carbocycles. The Bertz CT molecular complexity index is 496. The van der Waals surface area contributed by atoms with Gasteiger partial charge in [-0.3, -0.25) is 4.79 Å². The van der Waals surface area contributed by atoms with E-state index < -0.39 is 29.3 Å². The highest BCUT2D eigenvalue weighted by Crippen LogP contribution is 2.59. The Labute approximate surface area is 129 Å². The van der Waals surface area contributed by atoms with E-state index in [9.17, 15) is 9.18 Å². The van der Waals surface area contributed by atoms with Gasteiger partial charge in [-0.15, -0.1) is 0 Å². The topological polar surface area (TPSA) is 35.5 Å². The lowest BCUT2D eigenvalue weighted by Gasteiger charge is -2.30. The number of allylic oxidation sites excluding steroid dienone is 3. The number of halogens is 2. The van der Waals surface area contributed by atoms with Crippen molar-refractivity contribution in [1.82, 2.24) is 0 Å². The average molecular weight is 312 g/mol. The maximum atomic E-state index is 15.4. The van der Waals surface area contributed by atoms with Gasteiger partial charge in [-0.2, -0.15) is 0 Å². The summed E-state index contributed by atoms with van der Waals surface area (Å²) in [6, 6.07) is 0. The van der Waals surface area contributed by atoms with E-state index in [1.807, 2.05) is 6.92 Å². The molecule has 122 valence electrons. The van der Waals surface area contributed by atoms with Crippen molar-refractivity contribution in [2.24, 2.45) is 11.8 Å². The second-order valence-electron chi connectivity index (χ2n) is 6.35. The lowest BCUT2D eigenvalue weighted by atomic mass is 9.90. The van der Waals surface area contributed by atoms with E-state index in [4.69, 9.17) is 9.47 Å². The molecule has 1 unspecified atom stereocenters. The Morgan fingerprint density at radius 2 is 2.14 bits per heavy atom. The highest BCUT2D eigenvalue weighted by atomic mass is 19.1. The first-order chi connectivity index (χ1) is 10.5. The fourth-order valence-electron chi connectivity index (χ4n) is 3.75. The predicted octanol–water partition coefficient (Wildman–Crippen LogP) is 3.30. The molecule has 3 nitrogen and oxygen atoms in total. The van der Waals surface area contributed by atoms with E-state index in [0.29, 0.717) is 26.1 Å². The molecule has 5 heteroatoms. The van der Waals surface area contributed by atoms with Gasteiger partial charge in [0.05, 0.1) is 19.1 Å². The zero-order valence-electron chi connectivity index (χ0n) is 12.8. The normalized spacial score (nSPS) is 36.7. The molecule has 0 aromatic rings. The van der Waals surface area contributed by atoms with Gasteiger partial charge >= 0.3 is 0 Å². The molecule has 4 atom stereocenters. The summed E-state index contributed by atoms with van der Waals surface area (Å²) in [6.45, 7) is 2.85. The minimum absolute atomic E-state index is 0.195. The van der Waals surface area contributed by atoms with Gasteiger partial charge in [-0.25, -0.2) is 8.78 Å². The maximum absolute atomic E-state index is 15.4. The number of carbonyl (C=O) groups is 1. The number of ether oxygens (including phenoxy) is 2. The van der Waals surface area contributed by atoms with E-state index in [1.54, 1.807) is 12.2 Å². The number of unbranched alkanes of at least 4 members (excludes halogenated alkanes) is 1. The number of rotatable bonds is 6. The number of hydrogen-bond donors (Lipinski definition) is 0. The van der Waals surface area contributed by atoms with E-state index in [1.165, 1.54) is 6.08 Å². The molecular formula is C17H22F2O3. The van der Waals surface area contributed by atoms with Crippen LogP contribution in [0.4, 0.5) is 8.78 Å². The molecule has 3 rings (SSSR count). The van der Waals surface area contributed by atoms with Crippen molar-refractivity contribution in [3.8, 4) is 0 Å². The Balaban J connectivity index is 1.70. The lowest BCUT2D eigenvalue weighted by Crippen LogP contribution is -2.40. The predicted molar refractivity (Wildman–Crippen MR) is 77.8 cm³/mol. The summed E-state index contributed by atoms with van der Waals surface area (Å²) in [7, 11) is 0. The van der Waals surface area contributed by atoms with Gasteiger partial charge in [0.25, 0.3) is 0 Å². The van der Waals surface area contributed by atoms with Crippen LogP contribution in [-0.4, -0.2) is 36.6 Å². The molecule has 0 N–H and O–H groups in total. The summed E-state index contributed by atoms with van der Waals surface area (Å²) in [5.74, 6) is -2.50. The van der Waals surface area contributed by atoms with Crippen molar-refractivity contribution in [2.75, 3.05) is 13.2 Å². The number of carbonyl (C=O) groups excluding carboxylic acids is 1. The van der Waals surface area contributed by atoms with Crippen molar-refractivity contribution in [3.63, 3.8) is 0 Å². The van der Waals surface area contributed by atoms with Gasteiger partial charge in [-0.05, 0) is 18.6 Å². The monoisotopic (exact) mass is 312 g/mol. The Hall–Kier alpha value is -1.07. The third-order valence-electron chi connectivity index (χ3n) is 4.96. The van der Waals surface area contributed by atoms with Crippen molar-refractivity contribution in [1.29, 1.82) is 0 Å². The third-order valence-corrected chi connectivity index (χ3v) is 4.96. The van der Waals surface area contributed by atoms with Crippen LogP contribution in [0.2, 0.25) is 0 Å². The molecule has 1 spiro atoms. The molecule has 1 saturated carbocycles. The first kappa shape index (κ1) is 15.8. The molecule has 1 aliphatic heterocycles. The van der Waals surface area contributed by atoms with Gasteiger partial charge in [0.1, 0.15) is 5.67 Å². The number of fused-ring (bicyclic) bond motifs is 3. The van der Waals surface area contributed by atoms with Crippen LogP contribution in [0.25, 0.3) is 0 Å². The summed E-state index contributed by atoms with van der Waals surface area (Å²) >= 11 is 0. The number of alkyl halides is 2. The second-order valence-corrected chi connectivity index (χ2v) is 6.35. The minimum Gasteiger partial charge on any atom is -0.347 e. The van der Waals surface area contributed by atoms with Crippen LogP contribution in [0, 0.1) is 11.8 Å². The number of hydrogen-bond acceptors (Lipinski definition) is 3. The zero-order chi connectivity index (χ0) is 15.8. The largest absolute Gasteiger partial charge is 0.347 e. The van der Waals surface area contributed by atoms with Gasteiger partial charge in [0, 0.05) is 12.3 Å². The Morgan fingerprint density at radius 3 is 2.82 bits per heavy atom. The first-order valence-electron chi connectivity index (χ1n) is 8.04. The molecule has 1 heterocycles. The van der Waals surface area contributed by atoms with Gasteiger partial charge < -0.3 is 9.47 Å². The highest BCUT2D eigenvalue weighted by Gasteiger charge is 2.66. The zero-order valence-corrected chi connectivity index (χ0v) is 12.8. The van der Waals surface area contributed by atoms with Gasteiger partial charge in [0.15, 0.2) is 17.7 Å². The van der Waals surface area contributed by atoms with E-state index in [0.717, 1.165) is 12.5 Å². The summed E-state index contributed by atoms with van der Waals surface area (Å²) < 4.78 is 40.3. The van der Waals surface area contributed by atoms with Crippen molar-refractivity contribution in [2.45, 2.75) is 50.2 Å². The third kappa shape index (κ3) is 2.44. The molecular weight excluding hydrogens is 290 g/mol. The molecule has 0 aromatic heterocycles. The Morgan fingerprint density at radius 1 is 1.41 bits per heavy atom. The minimum atomic E-state index is -1.72. The SMILES string of the molecule is CCCC[C@H](F)C(=O)C=C[C@@]1(F)C2C=C[C@H]1C1(C2)OCCO1. The lowest BCUT2D eigenvalue weighted by molar-refractivity contribution is -0.180. The molecule has 22 heavy (non-hydrogen) atoms. The number of ketones is 1. The molecule has 0 amide bonds. The van der Waals surface area contributed by atoms with Crippen LogP contribution < -0.4 is 0 Å². The molecule has 0 aromatic carbocycles. The highest BCUT2D eigenvalue weighted by molar-refractivity contribution is 5.93. The summed E-state index contributed by atoms with van der Waals surface area (Å²) in [4.78, 5) is 11.8. The van der Waals surface area contributed by atoms with Crippen LogP contribution in [-0.2, 0) is 14.3 Å². The second kappa shape index (κ2) is 5.85. The van der Waals surface area contributed by atoms with Crippen molar-refractivity contribution in [3.05, 3.63) is 24.3 Å². The van der Waals surface area contributed by atoms with Crippen LogP contribution in [0.15, 0.2) is 24.3 Å². The molecule has 2 bridgehead atoms. The van der Waals surface area contributed by atoms with Crippen LogP contribution in [0.5, 0.6) is 0 Å². The van der Waals surface area contributed by atoms with Crippen LogP contribution >= 0.6 is 0 Å². The van der Waals surface area contributed by atoms with Crippen molar-refractivity contribution < 1.29 is 23.0 Å². The van der Waals surface area contributed by atoms with Crippen molar-refractivity contribution >= 4 is 5.78 Å². The van der Waals surface area contributed by atoms with E-state index in [-0.39, 0.29) is 12.3 Å². The molecule has 3 aliphatic rings. The quantitative estimate of drug-likeness (QED) is 0.558. The molecule has 0 radical (unpaired) electrons. The summed E-state index contributed by atoms with van der Waals surface area (Å²) in [6.07, 6.45) is 6.44. The summed E-state index contributed by atoms with van der Waals surface area (Å²) in [5, 5.41) is 0. The van der Waals surface area contributed by atoms with Gasteiger partial charge in [0.2, 0.25) is 0 Å². The van der Waals surface area contributed by atoms with Gasteiger partial charge in [-0.1, -0.05) is 31.9 Å². The fourth-order valence-corrected chi connectivity index (χ4v) is 3.75. The Kier molecular flexibility index (Phi) is 4.21. The van der Waals surface area contributed by atoms with E-state index >= 15 is 4.39 Å². The fraction of sp³-hybridized carbons (Fsp3) is 0.706. The molecule has 1 saturated heterocycles. The maximum Gasteiger partial charge on any atom is 0.189 e. The smallest absolute Gasteiger partial charge is 0.189 e. The molecule has 2 fully saturated rings. The summed E-state index contributed by atoms with van der Waals surface area (Å²) in [5.41, 5.74) is -1.72. The standard InChI is InChI=1S/C17H22F2O3/c1-2-3-4-13(18)14(20)7-8-16(19)12-5-6-15(16)17(11-12)21-9-10-22-17/h5-8,12-13,15H,2-4,9-11H2,1H3/t12?,13-,15+,16+/m0/s1. The first-order valence-corrected chi connectivity index (χ1v) is 8.04. The van der Waals surface area contributed by atoms with Crippen LogP contribution in [0.3, 0.4) is 0 Å². The van der Waals surface area contributed by atoms with E-state index in [2.05, 4.69) is 0 Å². The average Bonchev–Trinajstić information content (AvgIpc) is 3.15. The van der Waals surface area contributed by atoms with Crippen LogP contribution in [0.1, 0.15) is 32.6 Å².